The van der Waals surface area contributed by atoms with Crippen molar-refractivity contribution >= 4 is 23.0 Å². The van der Waals surface area contributed by atoms with Crippen molar-refractivity contribution in [1.82, 2.24) is 9.99 Å². The third kappa shape index (κ3) is 4.04. The number of hydrazone groups is 1. The number of benzene rings is 3. The van der Waals surface area contributed by atoms with Crippen LogP contribution in [0.15, 0.2) is 90.2 Å². The summed E-state index contributed by atoms with van der Waals surface area (Å²) < 4.78 is 7.42. The molecule has 144 valence electrons. The highest BCUT2D eigenvalue weighted by molar-refractivity contribution is 6.01. The van der Waals surface area contributed by atoms with E-state index in [0.717, 1.165) is 23.0 Å². The van der Waals surface area contributed by atoms with Gasteiger partial charge in [0.25, 0.3) is 5.91 Å². The summed E-state index contributed by atoms with van der Waals surface area (Å²) >= 11 is 0. The molecule has 1 amide bonds. The van der Waals surface area contributed by atoms with E-state index < -0.39 is 0 Å². The number of fused-ring (bicyclic) bond motifs is 1. The van der Waals surface area contributed by atoms with Gasteiger partial charge in [0.05, 0.1) is 18.9 Å². The number of aromatic nitrogens is 1. The number of hydrogen-bond donors (Lipinski definition) is 1. The summed E-state index contributed by atoms with van der Waals surface area (Å²) in [6.07, 6.45) is 3.73. The molecular formula is C24H21N3O2. The Hall–Kier alpha value is -3.86. The average Bonchev–Trinajstić information content (AvgIpc) is 3.12. The molecule has 0 fully saturated rings. The zero-order chi connectivity index (χ0) is 20.1. The fraction of sp³-hybridized carbons (Fsp3) is 0.0833. The van der Waals surface area contributed by atoms with E-state index in [2.05, 4.69) is 45.6 Å². The second kappa shape index (κ2) is 8.44. The van der Waals surface area contributed by atoms with Crippen LogP contribution >= 0.6 is 0 Å². The van der Waals surface area contributed by atoms with E-state index in [1.165, 1.54) is 12.7 Å². The summed E-state index contributed by atoms with van der Waals surface area (Å²) in [6.45, 7) is 0.767. The Kier molecular flexibility index (Phi) is 5.38. The molecule has 0 aliphatic heterocycles. The van der Waals surface area contributed by atoms with Crippen molar-refractivity contribution < 1.29 is 9.53 Å². The van der Waals surface area contributed by atoms with Crippen LogP contribution in [0, 0.1) is 0 Å². The smallest absolute Gasteiger partial charge is 0.275 e. The van der Waals surface area contributed by atoms with Crippen LogP contribution in [0.3, 0.4) is 0 Å². The predicted octanol–water partition coefficient (Wildman–Crippen LogP) is 4.46. The van der Waals surface area contributed by atoms with Gasteiger partial charge in [-0.15, -0.1) is 0 Å². The number of methoxy groups -OCH3 is 1. The van der Waals surface area contributed by atoms with E-state index in [-0.39, 0.29) is 5.91 Å². The second-order valence-electron chi connectivity index (χ2n) is 6.61. The molecule has 4 rings (SSSR count). The van der Waals surface area contributed by atoms with E-state index in [0.29, 0.717) is 11.3 Å². The molecule has 0 atom stereocenters. The van der Waals surface area contributed by atoms with Gasteiger partial charge in [0.2, 0.25) is 0 Å². The Labute approximate surface area is 169 Å². The molecule has 1 N–H and O–H groups in total. The minimum absolute atomic E-state index is 0.313. The first-order valence-corrected chi connectivity index (χ1v) is 9.34. The van der Waals surface area contributed by atoms with Crippen molar-refractivity contribution in [1.29, 1.82) is 0 Å². The molecule has 0 aliphatic carbocycles. The summed E-state index contributed by atoms with van der Waals surface area (Å²) in [6, 6.07) is 25.5. The molecule has 0 saturated carbocycles. The number of rotatable bonds is 6. The lowest BCUT2D eigenvalue weighted by Crippen LogP contribution is -2.18. The van der Waals surface area contributed by atoms with Crippen LogP contribution < -0.4 is 10.2 Å². The summed E-state index contributed by atoms with van der Waals surface area (Å²) in [7, 11) is 1.54. The molecule has 3 aromatic carbocycles. The largest absolute Gasteiger partial charge is 0.496 e. The molecule has 0 radical (unpaired) electrons. The highest BCUT2D eigenvalue weighted by Crippen LogP contribution is 2.21. The fourth-order valence-electron chi connectivity index (χ4n) is 3.34. The highest BCUT2D eigenvalue weighted by Gasteiger charge is 2.11. The van der Waals surface area contributed by atoms with Gasteiger partial charge in [0, 0.05) is 29.2 Å². The van der Waals surface area contributed by atoms with Gasteiger partial charge in [-0.05, 0) is 23.8 Å². The number of hydrogen-bond acceptors (Lipinski definition) is 3. The molecular weight excluding hydrogens is 362 g/mol. The van der Waals surface area contributed by atoms with E-state index in [4.69, 9.17) is 4.74 Å². The second-order valence-corrected chi connectivity index (χ2v) is 6.61. The number of amides is 1. The van der Waals surface area contributed by atoms with Crippen molar-refractivity contribution in [2.75, 3.05) is 7.11 Å². The van der Waals surface area contributed by atoms with Gasteiger partial charge in [0.15, 0.2) is 0 Å². The lowest BCUT2D eigenvalue weighted by molar-refractivity contribution is 0.0952. The van der Waals surface area contributed by atoms with Gasteiger partial charge >= 0.3 is 0 Å². The average molecular weight is 383 g/mol. The summed E-state index contributed by atoms with van der Waals surface area (Å²) in [5, 5.41) is 5.25. The fourth-order valence-corrected chi connectivity index (χ4v) is 3.34. The quantitative estimate of drug-likeness (QED) is 0.395. The standard InChI is InChI=1S/C24H21N3O2/c1-29-23-14-8-6-12-21(23)24(28)26-25-15-19-17-27(16-18-9-3-2-4-10-18)22-13-7-5-11-20(19)22/h2-15,17H,16H2,1H3,(H,26,28)/b25-15-. The van der Waals surface area contributed by atoms with E-state index >= 15 is 0 Å². The molecule has 0 spiro atoms. The number of nitrogens with one attached hydrogen (secondary N) is 1. The molecule has 5 nitrogen and oxygen atoms in total. The van der Waals surface area contributed by atoms with Gasteiger partial charge in [-0.2, -0.15) is 5.10 Å². The van der Waals surface area contributed by atoms with Crippen LogP contribution in [-0.4, -0.2) is 23.8 Å². The number of carbonyl (C=O) groups is 1. The van der Waals surface area contributed by atoms with Gasteiger partial charge in [-0.1, -0.05) is 60.7 Å². The van der Waals surface area contributed by atoms with Crippen LogP contribution in [0.25, 0.3) is 10.9 Å². The third-order valence-electron chi connectivity index (χ3n) is 4.74. The maximum absolute atomic E-state index is 12.4. The summed E-state index contributed by atoms with van der Waals surface area (Å²) in [5.41, 5.74) is 6.31. The van der Waals surface area contributed by atoms with Gasteiger partial charge in [-0.3, -0.25) is 4.79 Å². The van der Waals surface area contributed by atoms with Crippen molar-refractivity contribution in [3.8, 4) is 5.75 Å². The lowest BCUT2D eigenvalue weighted by atomic mass is 10.2. The van der Waals surface area contributed by atoms with Gasteiger partial charge in [0.1, 0.15) is 5.75 Å². The Balaban J connectivity index is 1.57. The number of carbonyl (C=O) groups excluding carboxylic acids is 1. The van der Waals surface area contributed by atoms with Crippen molar-refractivity contribution in [3.05, 3.63) is 102 Å². The molecule has 0 unspecified atom stereocenters. The minimum Gasteiger partial charge on any atom is -0.496 e. The highest BCUT2D eigenvalue weighted by atomic mass is 16.5. The molecule has 1 aromatic heterocycles. The molecule has 5 heteroatoms. The van der Waals surface area contributed by atoms with Crippen molar-refractivity contribution in [2.45, 2.75) is 6.54 Å². The maximum atomic E-state index is 12.4. The van der Waals surface area contributed by atoms with Gasteiger partial charge in [-0.25, -0.2) is 5.43 Å². The third-order valence-corrected chi connectivity index (χ3v) is 4.74. The topological polar surface area (TPSA) is 55.6 Å². The molecule has 29 heavy (non-hydrogen) atoms. The first-order valence-electron chi connectivity index (χ1n) is 9.34. The monoisotopic (exact) mass is 383 g/mol. The first-order chi connectivity index (χ1) is 14.3. The number of para-hydroxylation sites is 2. The Bertz CT molecular complexity index is 1160. The van der Waals surface area contributed by atoms with Crippen LogP contribution in [0.5, 0.6) is 5.75 Å². The maximum Gasteiger partial charge on any atom is 0.275 e. The number of nitrogens with zero attached hydrogens (tertiary/aromatic N) is 2. The predicted molar refractivity (Wildman–Crippen MR) is 116 cm³/mol. The van der Waals surface area contributed by atoms with Crippen LogP contribution in [0.1, 0.15) is 21.5 Å². The zero-order valence-electron chi connectivity index (χ0n) is 16.1. The molecule has 0 bridgehead atoms. The molecule has 0 aliphatic rings. The van der Waals surface area contributed by atoms with Crippen LogP contribution in [0.4, 0.5) is 0 Å². The lowest BCUT2D eigenvalue weighted by Gasteiger charge is -2.05. The van der Waals surface area contributed by atoms with E-state index in [1.807, 2.05) is 36.4 Å². The van der Waals surface area contributed by atoms with Crippen LogP contribution in [-0.2, 0) is 6.54 Å². The van der Waals surface area contributed by atoms with E-state index in [9.17, 15) is 4.79 Å². The van der Waals surface area contributed by atoms with Gasteiger partial charge < -0.3 is 9.30 Å². The molecule has 1 heterocycles. The Morgan fingerprint density at radius 3 is 2.55 bits per heavy atom. The number of ether oxygens (including phenoxy) is 1. The van der Waals surface area contributed by atoms with Crippen molar-refractivity contribution in [2.24, 2.45) is 5.10 Å². The SMILES string of the molecule is COc1ccccc1C(=O)N/N=C\c1cn(Cc2ccccc2)c2ccccc12. The van der Waals surface area contributed by atoms with Crippen molar-refractivity contribution in [3.63, 3.8) is 0 Å². The van der Waals surface area contributed by atoms with E-state index in [1.54, 1.807) is 24.4 Å². The molecule has 4 aromatic rings. The summed E-state index contributed by atoms with van der Waals surface area (Å²) in [4.78, 5) is 12.4. The minimum atomic E-state index is -0.313. The normalized spacial score (nSPS) is 11.1. The summed E-state index contributed by atoms with van der Waals surface area (Å²) in [5.74, 6) is 0.200. The zero-order valence-corrected chi connectivity index (χ0v) is 16.1. The first kappa shape index (κ1) is 18.5. The Morgan fingerprint density at radius 1 is 1.00 bits per heavy atom. The molecule has 0 saturated heterocycles. The Morgan fingerprint density at radius 2 is 1.72 bits per heavy atom. The van der Waals surface area contributed by atoms with Crippen LogP contribution in [0.2, 0.25) is 0 Å².